The molecule has 3 heterocycles. The molecule has 1 aliphatic rings. The highest BCUT2D eigenvalue weighted by Crippen LogP contribution is 2.42. The molecule has 0 saturated carbocycles. The Bertz CT molecular complexity index is 1200. The molecule has 1 saturated heterocycles. The van der Waals surface area contributed by atoms with Crippen LogP contribution in [-0.4, -0.2) is 62.6 Å². The number of amides is 2. The number of nitrogens with one attached hydrogen (secondary N) is 2. The summed E-state index contributed by atoms with van der Waals surface area (Å²) in [5.74, 6) is -1.14. The van der Waals surface area contributed by atoms with Gasteiger partial charge in [0.05, 0.1) is 16.0 Å². The van der Waals surface area contributed by atoms with E-state index in [1.54, 1.807) is 4.90 Å². The monoisotopic (exact) mass is 569 g/mol. The zero-order valence-corrected chi connectivity index (χ0v) is 24.3. The molecule has 2 unspecified atom stereocenters. The van der Waals surface area contributed by atoms with E-state index in [2.05, 4.69) is 20.6 Å². The van der Waals surface area contributed by atoms with Crippen molar-refractivity contribution < 1.29 is 27.9 Å². The van der Waals surface area contributed by atoms with Crippen LogP contribution in [0.15, 0.2) is 12.3 Å². The highest BCUT2D eigenvalue weighted by molar-refractivity contribution is 7.17. The molecule has 0 spiro atoms. The van der Waals surface area contributed by atoms with Gasteiger partial charge in [-0.15, -0.1) is 11.3 Å². The van der Waals surface area contributed by atoms with Gasteiger partial charge in [0.25, 0.3) is 11.8 Å². The first kappa shape index (κ1) is 30.8. The van der Waals surface area contributed by atoms with Crippen LogP contribution in [0, 0.1) is 5.41 Å². The van der Waals surface area contributed by atoms with Gasteiger partial charge in [0.2, 0.25) is 0 Å². The number of aromatic nitrogens is 2. The Morgan fingerprint density at radius 2 is 1.82 bits per heavy atom. The molecule has 2 aromatic rings. The Balaban J connectivity index is 2.14. The van der Waals surface area contributed by atoms with Gasteiger partial charge in [-0.3, -0.25) is 9.59 Å². The molecule has 1 aliphatic heterocycles. The predicted molar refractivity (Wildman–Crippen MR) is 146 cm³/mol. The predicted octanol–water partition coefficient (Wildman–Crippen LogP) is 5.59. The summed E-state index contributed by atoms with van der Waals surface area (Å²) in [6, 6.07) is 0.739. The summed E-state index contributed by atoms with van der Waals surface area (Å²) in [5, 5.41) is 15.3. The lowest BCUT2D eigenvalue weighted by atomic mass is 9.97. The van der Waals surface area contributed by atoms with Crippen LogP contribution in [-0.2, 0) is 6.18 Å². The lowest BCUT2D eigenvalue weighted by Crippen LogP contribution is -2.40. The molecule has 8 nitrogen and oxygen atoms in total. The van der Waals surface area contributed by atoms with E-state index in [1.807, 2.05) is 34.6 Å². The van der Waals surface area contributed by atoms with E-state index in [1.165, 1.54) is 13.8 Å². The number of halogens is 3. The number of pyridine rings is 1. The van der Waals surface area contributed by atoms with Crippen molar-refractivity contribution >= 4 is 29.0 Å². The number of thiazole rings is 1. The number of likely N-dealkylation sites (tertiary alicyclic amines) is 1. The molecule has 0 radical (unpaired) electrons. The second kappa shape index (κ2) is 11.4. The topological polar surface area (TPSA) is 107 Å². The lowest BCUT2D eigenvalue weighted by molar-refractivity contribution is -0.137. The van der Waals surface area contributed by atoms with Crippen LogP contribution in [0.1, 0.15) is 93.6 Å². The molecule has 2 aromatic heterocycles. The zero-order valence-electron chi connectivity index (χ0n) is 23.5. The summed E-state index contributed by atoms with van der Waals surface area (Å²) in [5.41, 5.74) is -2.90. The minimum absolute atomic E-state index is 0.0562. The molecule has 2 amide bonds. The molecule has 216 valence electrons. The van der Waals surface area contributed by atoms with Gasteiger partial charge in [-0.05, 0) is 51.5 Å². The van der Waals surface area contributed by atoms with E-state index in [0.717, 1.165) is 25.1 Å². The van der Waals surface area contributed by atoms with E-state index in [-0.39, 0.29) is 51.0 Å². The lowest BCUT2D eigenvalue weighted by Gasteiger charge is -2.27. The van der Waals surface area contributed by atoms with E-state index >= 15 is 0 Å². The minimum atomic E-state index is -4.75. The van der Waals surface area contributed by atoms with Gasteiger partial charge >= 0.3 is 6.18 Å². The van der Waals surface area contributed by atoms with Gasteiger partial charge in [0, 0.05) is 36.9 Å². The average molecular weight is 570 g/mol. The molecule has 39 heavy (non-hydrogen) atoms. The first-order chi connectivity index (χ1) is 17.9. The first-order valence-corrected chi connectivity index (χ1v) is 13.9. The molecule has 3 rings (SSSR count). The highest BCUT2D eigenvalue weighted by Gasteiger charge is 2.40. The second-order valence-electron chi connectivity index (χ2n) is 11.9. The largest absolute Gasteiger partial charge is 0.417 e. The maximum absolute atomic E-state index is 14.3. The number of alkyl halides is 3. The normalized spacial score (nSPS) is 18.4. The molecule has 12 heteroatoms. The zero-order chi connectivity index (χ0) is 29.3. The number of nitrogens with zero attached hydrogens (tertiary/aromatic N) is 3. The van der Waals surface area contributed by atoms with Gasteiger partial charge in [-0.2, -0.15) is 13.2 Å². The van der Waals surface area contributed by atoms with Crippen molar-refractivity contribution in [2.24, 2.45) is 5.41 Å². The number of anilines is 1. The fraction of sp³-hybridized carbons (Fsp3) is 0.630. The summed E-state index contributed by atoms with van der Waals surface area (Å²) >= 11 is 0.710. The van der Waals surface area contributed by atoms with Crippen molar-refractivity contribution in [3.05, 3.63) is 28.5 Å². The minimum Gasteiger partial charge on any atom is -0.389 e. The third-order valence-electron chi connectivity index (χ3n) is 6.45. The summed E-state index contributed by atoms with van der Waals surface area (Å²) in [6.45, 7) is 13.0. The molecular formula is C27H38F3N5O3S. The fourth-order valence-electron chi connectivity index (χ4n) is 4.40. The number of carbonyl (C=O) groups excluding carboxylic acids is 2. The van der Waals surface area contributed by atoms with Crippen molar-refractivity contribution in [1.82, 2.24) is 20.2 Å². The van der Waals surface area contributed by atoms with E-state index in [4.69, 9.17) is 0 Å². The summed E-state index contributed by atoms with van der Waals surface area (Å²) in [7, 11) is 0. The molecule has 0 aromatic carbocycles. The van der Waals surface area contributed by atoms with E-state index < -0.39 is 29.2 Å². The van der Waals surface area contributed by atoms with Crippen LogP contribution in [0.3, 0.4) is 0 Å². The van der Waals surface area contributed by atoms with Gasteiger partial charge in [0.1, 0.15) is 11.5 Å². The quantitative estimate of drug-likeness (QED) is 0.383. The summed E-state index contributed by atoms with van der Waals surface area (Å²) in [6.07, 6.45) is -1.42. The van der Waals surface area contributed by atoms with Gasteiger partial charge in [-0.25, -0.2) is 9.97 Å². The van der Waals surface area contributed by atoms with Crippen LogP contribution in [0.4, 0.5) is 19.0 Å². The van der Waals surface area contributed by atoms with Crippen LogP contribution in [0.25, 0.3) is 10.4 Å². The SMILES string of the molecule is CCC1CCC(C)N1C(=O)c1nc(C(=O)NCC(C)(C)O)sc1-c1cnc(NCC(C)(C)C)cc1C(F)(F)F. The van der Waals surface area contributed by atoms with Crippen molar-refractivity contribution in [3.8, 4) is 10.4 Å². The first-order valence-electron chi connectivity index (χ1n) is 13.1. The van der Waals surface area contributed by atoms with Crippen molar-refractivity contribution in [1.29, 1.82) is 0 Å². The third kappa shape index (κ3) is 7.69. The highest BCUT2D eigenvalue weighted by atomic mass is 32.1. The van der Waals surface area contributed by atoms with Gasteiger partial charge in [0.15, 0.2) is 5.01 Å². The summed E-state index contributed by atoms with van der Waals surface area (Å²) in [4.78, 5) is 36.8. The molecule has 0 aliphatic carbocycles. The van der Waals surface area contributed by atoms with Crippen LogP contribution in [0.2, 0.25) is 0 Å². The average Bonchev–Trinajstić information content (AvgIpc) is 3.43. The summed E-state index contributed by atoms with van der Waals surface area (Å²) < 4.78 is 43.0. The van der Waals surface area contributed by atoms with Crippen molar-refractivity contribution in [2.45, 2.75) is 91.6 Å². The molecule has 1 fully saturated rings. The standard InChI is InChI=1S/C27H38F3N5O3S/c1-8-16-10-9-15(2)35(16)24(37)20-21(39-23(34-20)22(36)33-14-26(6,7)38)17-12-31-19(32-13-25(3,4)5)11-18(17)27(28,29)30/h11-12,15-16,38H,8-10,13-14H2,1-7H3,(H,31,32)(H,33,36). The maximum Gasteiger partial charge on any atom is 0.417 e. The molecular weight excluding hydrogens is 531 g/mol. The number of carbonyl (C=O) groups is 2. The Morgan fingerprint density at radius 1 is 1.15 bits per heavy atom. The molecule has 2 atom stereocenters. The number of hydrogen-bond donors (Lipinski definition) is 3. The smallest absolute Gasteiger partial charge is 0.389 e. The Hall–Kier alpha value is -2.73. The fourth-order valence-corrected chi connectivity index (χ4v) is 5.40. The van der Waals surface area contributed by atoms with Crippen molar-refractivity contribution in [2.75, 3.05) is 18.4 Å². The van der Waals surface area contributed by atoms with Crippen LogP contribution in [0.5, 0.6) is 0 Å². The molecule has 3 N–H and O–H groups in total. The van der Waals surface area contributed by atoms with Crippen molar-refractivity contribution in [3.63, 3.8) is 0 Å². The maximum atomic E-state index is 14.3. The third-order valence-corrected chi connectivity index (χ3v) is 7.54. The van der Waals surface area contributed by atoms with Crippen LogP contribution < -0.4 is 10.6 Å². The second-order valence-corrected chi connectivity index (χ2v) is 12.9. The van der Waals surface area contributed by atoms with E-state index in [0.29, 0.717) is 24.3 Å². The Labute approximate surface area is 231 Å². The Kier molecular flexibility index (Phi) is 9.01. The van der Waals surface area contributed by atoms with Gasteiger partial charge < -0.3 is 20.6 Å². The molecule has 0 bridgehead atoms. The van der Waals surface area contributed by atoms with E-state index in [9.17, 15) is 27.9 Å². The number of hydrogen-bond acceptors (Lipinski definition) is 7. The number of rotatable bonds is 8. The Morgan fingerprint density at radius 3 is 2.38 bits per heavy atom. The van der Waals surface area contributed by atoms with Gasteiger partial charge in [-0.1, -0.05) is 27.7 Å². The van der Waals surface area contributed by atoms with Crippen LogP contribution >= 0.6 is 11.3 Å². The number of aliphatic hydroxyl groups is 1.